The lowest BCUT2D eigenvalue weighted by Gasteiger charge is -2.28. The SMILES string of the molecule is COCC1(CNS(=O)(=O)C2CC2)CCCN1. The summed E-state index contributed by atoms with van der Waals surface area (Å²) < 4.78 is 31.3. The number of nitrogens with one attached hydrogen (secondary N) is 2. The quantitative estimate of drug-likeness (QED) is 0.685. The number of ether oxygens (including phenoxy) is 1. The van der Waals surface area contributed by atoms with Crippen LogP contribution in [0, 0.1) is 0 Å². The first-order valence-corrected chi connectivity index (χ1v) is 7.35. The number of rotatable bonds is 6. The van der Waals surface area contributed by atoms with Crippen molar-refractivity contribution in [3.63, 3.8) is 0 Å². The van der Waals surface area contributed by atoms with Crippen molar-refractivity contribution in [1.82, 2.24) is 10.0 Å². The Morgan fingerprint density at radius 3 is 2.75 bits per heavy atom. The van der Waals surface area contributed by atoms with Gasteiger partial charge >= 0.3 is 0 Å². The largest absolute Gasteiger partial charge is 0.383 e. The molecule has 1 unspecified atom stereocenters. The predicted molar refractivity (Wildman–Crippen MR) is 61.8 cm³/mol. The van der Waals surface area contributed by atoms with E-state index in [1.165, 1.54) is 0 Å². The van der Waals surface area contributed by atoms with Crippen LogP contribution in [-0.2, 0) is 14.8 Å². The fourth-order valence-corrected chi connectivity index (χ4v) is 3.67. The Morgan fingerprint density at radius 2 is 2.25 bits per heavy atom. The summed E-state index contributed by atoms with van der Waals surface area (Å²) in [5, 5.41) is 3.21. The molecule has 2 N–H and O–H groups in total. The van der Waals surface area contributed by atoms with Crippen LogP contribution in [0.5, 0.6) is 0 Å². The molecule has 0 radical (unpaired) electrons. The van der Waals surface area contributed by atoms with E-state index in [4.69, 9.17) is 4.74 Å². The maximum absolute atomic E-state index is 11.7. The molecule has 94 valence electrons. The highest BCUT2D eigenvalue weighted by Gasteiger charge is 2.39. The second kappa shape index (κ2) is 4.60. The van der Waals surface area contributed by atoms with Gasteiger partial charge in [0.1, 0.15) is 0 Å². The van der Waals surface area contributed by atoms with Crippen molar-refractivity contribution in [2.45, 2.75) is 36.5 Å². The molecule has 0 aromatic rings. The molecule has 1 heterocycles. The minimum absolute atomic E-state index is 0.145. The molecule has 0 aromatic heterocycles. The molecule has 1 saturated heterocycles. The molecular weight excluding hydrogens is 228 g/mol. The Hall–Kier alpha value is -0.170. The predicted octanol–water partition coefficient (Wildman–Crippen LogP) is -0.163. The highest BCUT2D eigenvalue weighted by atomic mass is 32.2. The molecule has 0 bridgehead atoms. The number of hydrogen-bond donors (Lipinski definition) is 2. The second-order valence-corrected chi connectivity index (χ2v) is 6.85. The third-order valence-corrected chi connectivity index (χ3v) is 5.22. The van der Waals surface area contributed by atoms with Crippen LogP contribution in [0.25, 0.3) is 0 Å². The smallest absolute Gasteiger partial charge is 0.214 e. The molecule has 2 aliphatic rings. The molecule has 0 spiro atoms. The van der Waals surface area contributed by atoms with Gasteiger partial charge in [-0.2, -0.15) is 0 Å². The van der Waals surface area contributed by atoms with E-state index in [1.807, 2.05) is 0 Å². The summed E-state index contributed by atoms with van der Waals surface area (Å²) in [7, 11) is -1.43. The van der Waals surface area contributed by atoms with E-state index in [-0.39, 0.29) is 10.8 Å². The zero-order valence-electron chi connectivity index (χ0n) is 9.66. The molecule has 5 nitrogen and oxygen atoms in total. The topological polar surface area (TPSA) is 67.4 Å². The van der Waals surface area contributed by atoms with Crippen molar-refractivity contribution < 1.29 is 13.2 Å². The molecule has 0 amide bonds. The summed E-state index contributed by atoms with van der Waals surface area (Å²) in [5.41, 5.74) is -0.198. The van der Waals surface area contributed by atoms with Crippen molar-refractivity contribution in [2.75, 3.05) is 26.8 Å². The zero-order valence-corrected chi connectivity index (χ0v) is 10.5. The first-order chi connectivity index (χ1) is 7.58. The van der Waals surface area contributed by atoms with Crippen LogP contribution in [0.15, 0.2) is 0 Å². The van der Waals surface area contributed by atoms with Gasteiger partial charge in [-0.1, -0.05) is 0 Å². The molecule has 16 heavy (non-hydrogen) atoms. The average molecular weight is 248 g/mol. The standard InChI is InChI=1S/C10H20N2O3S/c1-15-8-10(5-2-6-11-10)7-12-16(13,14)9-3-4-9/h9,11-12H,2-8H2,1H3. The molecule has 6 heteroatoms. The van der Waals surface area contributed by atoms with Crippen LogP contribution in [0.3, 0.4) is 0 Å². The summed E-state index contributed by atoms with van der Waals surface area (Å²) >= 11 is 0. The van der Waals surface area contributed by atoms with Crippen molar-refractivity contribution in [2.24, 2.45) is 0 Å². The third-order valence-electron chi connectivity index (χ3n) is 3.33. The molecule has 1 atom stereocenters. The van der Waals surface area contributed by atoms with E-state index in [0.29, 0.717) is 13.2 Å². The lowest BCUT2D eigenvalue weighted by Crippen LogP contribution is -2.53. The first kappa shape index (κ1) is 12.3. The fraction of sp³-hybridized carbons (Fsp3) is 1.00. The zero-order chi connectivity index (χ0) is 11.6. The lowest BCUT2D eigenvalue weighted by atomic mass is 9.99. The normalized spacial score (nSPS) is 30.8. The van der Waals surface area contributed by atoms with Crippen molar-refractivity contribution in [1.29, 1.82) is 0 Å². The maximum Gasteiger partial charge on any atom is 0.214 e. The van der Waals surface area contributed by atoms with Gasteiger partial charge in [-0.15, -0.1) is 0 Å². The summed E-state index contributed by atoms with van der Waals surface area (Å²) in [6.45, 7) is 1.94. The average Bonchev–Trinajstić information content (AvgIpc) is 3.00. The van der Waals surface area contributed by atoms with Gasteiger partial charge in [0.15, 0.2) is 0 Å². The molecule has 1 aliphatic heterocycles. The van der Waals surface area contributed by atoms with Crippen LogP contribution in [0.4, 0.5) is 0 Å². The third kappa shape index (κ3) is 2.74. The lowest BCUT2D eigenvalue weighted by molar-refractivity contribution is 0.122. The van der Waals surface area contributed by atoms with E-state index < -0.39 is 10.0 Å². The van der Waals surface area contributed by atoms with E-state index >= 15 is 0 Å². The summed E-state index contributed by atoms with van der Waals surface area (Å²) in [4.78, 5) is 0. The fourth-order valence-electron chi connectivity index (χ4n) is 2.21. The van der Waals surface area contributed by atoms with Gasteiger partial charge in [0.05, 0.1) is 17.4 Å². The molecular formula is C10H20N2O3S. The van der Waals surface area contributed by atoms with Crippen LogP contribution < -0.4 is 10.0 Å². The molecule has 1 saturated carbocycles. The van der Waals surface area contributed by atoms with E-state index in [1.54, 1.807) is 7.11 Å². The highest BCUT2D eigenvalue weighted by molar-refractivity contribution is 7.90. The Kier molecular flexibility index (Phi) is 3.53. The monoisotopic (exact) mass is 248 g/mol. The van der Waals surface area contributed by atoms with Crippen molar-refractivity contribution in [3.05, 3.63) is 0 Å². The van der Waals surface area contributed by atoms with Gasteiger partial charge in [0.2, 0.25) is 10.0 Å². The van der Waals surface area contributed by atoms with Crippen molar-refractivity contribution >= 4 is 10.0 Å². The van der Waals surface area contributed by atoms with Gasteiger partial charge in [-0.25, -0.2) is 13.1 Å². The Morgan fingerprint density at radius 1 is 1.50 bits per heavy atom. The molecule has 0 aromatic carbocycles. The van der Waals surface area contributed by atoms with Gasteiger partial charge < -0.3 is 10.1 Å². The minimum atomic E-state index is -3.08. The highest BCUT2D eigenvalue weighted by Crippen LogP contribution is 2.28. The second-order valence-electron chi connectivity index (χ2n) is 4.81. The first-order valence-electron chi connectivity index (χ1n) is 5.80. The number of sulfonamides is 1. The summed E-state index contributed by atoms with van der Waals surface area (Å²) in [6.07, 6.45) is 3.66. The van der Waals surface area contributed by atoms with Crippen LogP contribution in [0.1, 0.15) is 25.7 Å². The van der Waals surface area contributed by atoms with E-state index in [0.717, 1.165) is 32.2 Å². The van der Waals surface area contributed by atoms with Crippen LogP contribution >= 0.6 is 0 Å². The molecule has 2 fully saturated rings. The minimum Gasteiger partial charge on any atom is -0.383 e. The maximum atomic E-state index is 11.7. The number of methoxy groups -OCH3 is 1. The van der Waals surface area contributed by atoms with E-state index in [2.05, 4.69) is 10.0 Å². The summed E-state index contributed by atoms with van der Waals surface area (Å²) in [5.74, 6) is 0. The number of hydrogen-bond acceptors (Lipinski definition) is 4. The summed E-state index contributed by atoms with van der Waals surface area (Å²) in [6, 6.07) is 0. The Labute approximate surface area is 97.0 Å². The molecule has 2 rings (SSSR count). The Bertz CT molecular complexity index is 332. The van der Waals surface area contributed by atoms with Gasteiger partial charge in [0.25, 0.3) is 0 Å². The molecule has 1 aliphatic carbocycles. The Balaban J connectivity index is 1.91. The van der Waals surface area contributed by atoms with Gasteiger partial charge in [0, 0.05) is 13.7 Å². The van der Waals surface area contributed by atoms with E-state index in [9.17, 15) is 8.42 Å². The van der Waals surface area contributed by atoms with Crippen LogP contribution in [0.2, 0.25) is 0 Å². The van der Waals surface area contributed by atoms with Crippen molar-refractivity contribution in [3.8, 4) is 0 Å². The van der Waals surface area contributed by atoms with Gasteiger partial charge in [-0.3, -0.25) is 0 Å². The van der Waals surface area contributed by atoms with Crippen LogP contribution in [-0.4, -0.2) is 46.0 Å². The van der Waals surface area contributed by atoms with Gasteiger partial charge in [-0.05, 0) is 32.2 Å².